The lowest BCUT2D eigenvalue weighted by molar-refractivity contribution is -0.143. The van der Waals surface area contributed by atoms with Gasteiger partial charge in [-0.1, -0.05) is 142 Å². The number of benzene rings is 5. The lowest BCUT2D eigenvalue weighted by atomic mass is 10.1. The molecule has 0 N–H and O–H groups in total. The molecule has 0 aromatic heterocycles. The Kier molecular flexibility index (Phi) is 12.6. The van der Waals surface area contributed by atoms with Crippen molar-refractivity contribution < 1.29 is 14.0 Å². The zero-order valence-corrected chi connectivity index (χ0v) is 31.3. The van der Waals surface area contributed by atoms with E-state index in [1.807, 2.05) is 6.92 Å². The molecular formula is C44H50O3PSi+. The maximum atomic E-state index is 12.5. The van der Waals surface area contributed by atoms with Crippen molar-refractivity contribution in [3.05, 3.63) is 164 Å². The fourth-order valence-electron chi connectivity index (χ4n) is 6.98. The number of hydrogen-bond donors (Lipinski definition) is 0. The van der Waals surface area contributed by atoms with E-state index in [9.17, 15) is 4.79 Å². The summed E-state index contributed by atoms with van der Waals surface area (Å²) in [5, 5.41) is 6.38. The minimum absolute atomic E-state index is 0.155. The quantitative estimate of drug-likeness (QED) is 0.0483. The molecule has 0 aliphatic heterocycles. The van der Waals surface area contributed by atoms with E-state index in [1.54, 1.807) is 0 Å². The van der Waals surface area contributed by atoms with Gasteiger partial charge in [0.05, 0.1) is 18.9 Å². The highest BCUT2D eigenvalue weighted by atomic mass is 31.2. The highest BCUT2D eigenvalue weighted by Gasteiger charge is 2.51. The minimum atomic E-state index is -2.85. The Labute approximate surface area is 295 Å². The largest absolute Gasteiger partial charge is 0.466 e. The fourth-order valence-corrected chi connectivity index (χ4v) is 15.6. The molecule has 0 saturated heterocycles. The molecule has 0 heterocycles. The van der Waals surface area contributed by atoms with E-state index >= 15 is 0 Å². The van der Waals surface area contributed by atoms with E-state index < -0.39 is 15.6 Å². The topological polar surface area (TPSA) is 35.5 Å². The first-order chi connectivity index (χ1) is 23.8. The average molecular weight is 686 g/mol. The van der Waals surface area contributed by atoms with E-state index in [4.69, 9.17) is 9.16 Å². The van der Waals surface area contributed by atoms with E-state index in [2.05, 4.69) is 185 Å². The van der Waals surface area contributed by atoms with Gasteiger partial charge in [-0.15, -0.1) is 0 Å². The van der Waals surface area contributed by atoms with Crippen LogP contribution < -0.4 is 26.3 Å². The maximum absolute atomic E-state index is 12.5. The number of esters is 1. The van der Waals surface area contributed by atoms with Gasteiger partial charge < -0.3 is 9.16 Å². The summed E-state index contributed by atoms with van der Waals surface area (Å²) in [4.78, 5) is 12.5. The van der Waals surface area contributed by atoms with Crippen LogP contribution in [-0.4, -0.2) is 33.2 Å². The zero-order chi connectivity index (χ0) is 34.6. The summed E-state index contributed by atoms with van der Waals surface area (Å²) in [6.45, 7) is 9.20. The monoisotopic (exact) mass is 685 g/mol. The van der Waals surface area contributed by atoms with E-state index in [1.165, 1.54) is 26.3 Å². The van der Waals surface area contributed by atoms with Crippen LogP contribution in [0, 0.1) is 0 Å². The van der Waals surface area contributed by atoms with E-state index in [0.29, 0.717) is 25.9 Å². The van der Waals surface area contributed by atoms with Crippen molar-refractivity contribution in [3.8, 4) is 0 Å². The second kappa shape index (κ2) is 17.0. The number of ether oxygens (including phenoxy) is 1. The molecule has 0 aliphatic carbocycles. The Morgan fingerprint density at radius 2 is 1.08 bits per heavy atom. The zero-order valence-electron chi connectivity index (χ0n) is 29.4. The summed E-state index contributed by atoms with van der Waals surface area (Å²) in [6.07, 6.45) is 7.09. The number of hydrogen-bond acceptors (Lipinski definition) is 3. The second-order valence-corrected chi connectivity index (χ2v) is 21.2. The maximum Gasteiger partial charge on any atom is 0.305 e. The molecule has 0 spiro atoms. The van der Waals surface area contributed by atoms with Crippen LogP contribution in [0.3, 0.4) is 0 Å². The van der Waals surface area contributed by atoms with Gasteiger partial charge in [0.1, 0.15) is 23.2 Å². The summed E-state index contributed by atoms with van der Waals surface area (Å²) in [6, 6.07) is 54.6. The van der Waals surface area contributed by atoms with Crippen molar-refractivity contribution in [3.63, 3.8) is 0 Å². The molecule has 3 nitrogen and oxygen atoms in total. The molecule has 5 heteroatoms. The Morgan fingerprint density at radius 1 is 0.673 bits per heavy atom. The van der Waals surface area contributed by atoms with E-state index in [0.717, 1.165) is 6.16 Å². The molecule has 1 atom stereocenters. The van der Waals surface area contributed by atoms with Gasteiger partial charge in [-0.2, -0.15) is 0 Å². The third-order valence-corrected chi connectivity index (χ3v) is 18.6. The van der Waals surface area contributed by atoms with Crippen LogP contribution in [0.4, 0.5) is 0 Å². The SMILES string of the molecule is CCOC(=O)CCCC(/C=C/C[P+](c1ccccc1)(c1ccccc1)c1ccccc1)O[Si](c1ccccc1)(c1ccccc1)C(C)(C)C. The van der Waals surface area contributed by atoms with Gasteiger partial charge in [0, 0.05) is 6.42 Å². The van der Waals surface area contributed by atoms with Crippen LogP contribution in [0.1, 0.15) is 47.0 Å². The summed E-state index contributed by atoms with van der Waals surface area (Å²) >= 11 is 0. The van der Waals surface area contributed by atoms with Gasteiger partial charge in [-0.25, -0.2) is 0 Å². The first-order valence-electron chi connectivity index (χ1n) is 17.5. The predicted octanol–water partition coefficient (Wildman–Crippen LogP) is 8.22. The molecule has 0 fully saturated rings. The van der Waals surface area contributed by atoms with Crippen LogP contribution in [0.25, 0.3) is 0 Å². The molecule has 0 saturated carbocycles. The molecule has 0 radical (unpaired) electrons. The summed E-state index contributed by atoms with van der Waals surface area (Å²) in [7, 11) is -4.92. The number of carbonyl (C=O) groups excluding carboxylic acids is 1. The Bertz CT molecular complexity index is 1600. The minimum Gasteiger partial charge on any atom is -0.466 e. The van der Waals surface area contributed by atoms with Crippen molar-refractivity contribution in [1.29, 1.82) is 0 Å². The second-order valence-electron chi connectivity index (χ2n) is 13.4. The van der Waals surface area contributed by atoms with Crippen LogP contribution in [0.15, 0.2) is 164 Å². The molecule has 0 bridgehead atoms. The first-order valence-corrected chi connectivity index (χ1v) is 21.4. The normalized spacial score (nSPS) is 12.9. The molecule has 5 rings (SSSR count). The molecule has 0 amide bonds. The van der Waals surface area contributed by atoms with Gasteiger partial charge in [0.25, 0.3) is 8.32 Å². The smallest absolute Gasteiger partial charge is 0.305 e. The van der Waals surface area contributed by atoms with Gasteiger partial charge in [0.15, 0.2) is 0 Å². The number of rotatable bonds is 15. The lowest BCUT2D eigenvalue weighted by Gasteiger charge is -2.45. The highest BCUT2D eigenvalue weighted by Crippen LogP contribution is 2.55. The Morgan fingerprint density at radius 3 is 1.47 bits per heavy atom. The van der Waals surface area contributed by atoms with Gasteiger partial charge in [0.2, 0.25) is 0 Å². The van der Waals surface area contributed by atoms with Crippen LogP contribution in [0.5, 0.6) is 0 Å². The van der Waals surface area contributed by atoms with Crippen LogP contribution >= 0.6 is 7.26 Å². The number of carbonyl (C=O) groups is 1. The molecule has 1 unspecified atom stereocenters. The van der Waals surface area contributed by atoms with Crippen molar-refractivity contribution in [2.75, 3.05) is 12.8 Å². The van der Waals surface area contributed by atoms with Gasteiger partial charge in [-0.3, -0.25) is 4.79 Å². The fraction of sp³-hybridized carbons (Fsp3) is 0.250. The first kappa shape index (κ1) is 36.2. The van der Waals surface area contributed by atoms with Crippen molar-refractivity contribution in [1.82, 2.24) is 0 Å². The number of allylic oxidation sites excluding steroid dienone is 1. The molecule has 252 valence electrons. The van der Waals surface area contributed by atoms with E-state index in [-0.39, 0.29) is 17.1 Å². The summed E-state index contributed by atoms with van der Waals surface area (Å²) < 4.78 is 13.0. The molecule has 0 aliphatic rings. The molecule has 5 aromatic carbocycles. The predicted molar refractivity (Wildman–Crippen MR) is 212 cm³/mol. The van der Waals surface area contributed by atoms with Gasteiger partial charge >= 0.3 is 5.97 Å². The summed E-state index contributed by atoms with van der Waals surface area (Å²) in [5.74, 6) is -0.155. The third-order valence-electron chi connectivity index (χ3n) is 9.24. The Hall–Kier alpha value is -4.08. The lowest BCUT2D eigenvalue weighted by Crippen LogP contribution is -2.67. The van der Waals surface area contributed by atoms with Crippen molar-refractivity contribution in [2.24, 2.45) is 0 Å². The Balaban J connectivity index is 1.61. The van der Waals surface area contributed by atoms with Gasteiger partial charge in [-0.05, 0) is 77.7 Å². The molecule has 49 heavy (non-hydrogen) atoms. The molecule has 5 aromatic rings. The highest BCUT2D eigenvalue weighted by molar-refractivity contribution is 7.95. The van der Waals surface area contributed by atoms with Crippen molar-refractivity contribution >= 4 is 47.8 Å². The average Bonchev–Trinajstić information content (AvgIpc) is 3.13. The molecular weight excluding hydrogens is 636 g/mol. The van der Waals surface area contributed by atoms with Crippen LogP contribution in [-0.2, 0) is 14.0 Å². The standard InChI is InChI=1S/C44H50O3PSi/c1-5-46-43(45)35-21-23-37(47-49(44(2,3)4,41-31-17-9-18-32-41)42-33-19-10-20-34-42)24-22-36-48(38-25-11-6-12-26-38,39-27-13-7-14-28-39)40-29-15-8-16-30-40/h6-20,22,24-34,37H,5,21,23,35-36H2,1-4H3/q+1/b24-22+. The van der Waals surface area contributed by atoms with Crippen molar-refractivity contribution in [2.45, 2.75) is 58.1 Å². The third kappa shape index (κ3) is 8.39. The van der Waals surface area contributed by atoms with Crippen LogP contribution in [0.2, 0.25) is 5.04 Å². The summed E-state index contributed by atoms with van der Waals surface area (Å²) in [5.41, 5.74) is 0.